The lowest BCUT2D eigenvalue weighted by molar-refractivity contribution is 0.305. The van der Waals surface area contributed by atoms with Crippen molar-refractivity contribution in [3.8, 4) is 11.5 Å². The molecule has 28 heavy (non-hydrogen) atoms. The monoisotopic (exact) mass is 382 g/mol. The number of anilines is 1. The minimum atomic E-state index is -0.265. The number of benzene rings is 1. The summed E-state index contributed by atoms with van der Waals surface area (Å²) in [5.74, 6) is 0.628. The van der Waals surface area contributed by atoms with Crippen molar-refractivity contribution >= 4 is 16.6 Å². The van der Waals surface area contributed by atoms with Gasteiger partial charge >= 0.3 is 0 Å². The minimum Gasteiger partial charge on any atom is -0.485 e. The Morgan fingerprint density at radius 3 is 2.54 bits per heavy atom. The number of nitrogens with zero attached hydrogens (tertiary/aromatic N) is 1. The van der Waals surface area contributed by atoms with E-state index in [2.05, 4.69) is 33.4 Å². The number of fused-ring (bicyclic) bond motifs is 1. The van der Waals surface area contributed by atoms with Crippen LogP contribution in [0.4, 0.5) is 5.69 Å². The van der Waals surface area contributed by atoms with E-state index in [-0.39, 0.29) is 17.9 Å². The molecule has 0 radical (unpaired) electrons. The topological polar surface area (TPSA) is 66.5 Å². The van der Waals surface area contributed by atoms with Gasteiger partial charge in [-0.25, -0.2) is 0 Å². The van der Waals surface area contributed by atoms with E-state index < -0.39 is 0 Å². The van der Waals surface area contributed by atoms with Crippen LogP contribution in [-0.4, -0.2) is 17.8 Å². The van der Waals surface area contributed by atoms with Crippen molar-refractivity contribution in [2.24, 2.45) is 7.05 Å². The van der Waals surface area contributed by atoms with Crippen LogP contribution in [0.1, 0.15) is 33.6 Å². The van der Waals surface area contributed by atoms with Crippen LogP contribution in [0.15, 0.2) is 58.9 Å². The van der Waals surface area contributed by atoms with Gasteiger partial charge in [-0.1, -0.05) is 29.9 Å². The van der Waals surface area contributed by atoms with E-state index in [4.69, 9.17) is 15.2 Å². The second-order valence-corrected chi connectivity index (χ2v) is 7.08. The van der Waals surface area contributed by atoms with E-state index in [0.717, 1.165) is 18.2 Å². The maximum absolute atomic E-state index is 12.8. The first kappa shape index (κ1) is 21.4. The molecular weight excluding hydrogens is 352 g/mol. The number of nitrogen functional groups attached to an aromatic ring is 1. The first-order valence-electron chi connectivity index (χ1n) is 9.42. The number of pyridine rings is 1. The van der Waals surface area contributed by atoms with Gasteiger partial charge in [0.1, 0.15) is 13.2 Å². The summed E-state index contributed by atoms with van der Waals surface area (Å²) in [5.41, 5.74) is 9.49. The van der Waals surface area contributed by atoms with Crippen molar-refractivity contribution < 1.29 is 9.47 Å². The van der Waals surface area contributed by atoms with Gasteiger partial charge in [-0.15, -0.1) is 0 Å². The summed E-state index contributed by atoms with van der Waals surface area (Å²) >= 11 is 0. The molecular formula is C23H30N2O3. The minimum absolute atomic E-state index is 0.190. The summed E-state index contributed by atoms with van der Waals surface area (Å²) in [4.78, 5) is 12.8. The molecule has 2 rings (SSSR count). The molecule has 0 saturated heterocycles. The van der Waals surface area contributed by atoms with Gasteiger partial charge in [-0.3, -0.25) is 4.79 Å². The van der Waals surface area contributed by atoms with Crippen LogP contribution in [0.25, 0.3) is 10.9 Å². The molecule has 1 heterocycles. The summed E-state index contributed by atoms with van der Waals surface area (Å²) in [6.07, 6.45) is 7.84. The third-order valence-corrected chi connectivity index (χ3v) is 4.43. The molecule has 5 nitrogen and oxygen atoms in total. The quantitative estimate of drug-likeness (QED) is 0.502. The predicted octanol–water partition coefficient (Wildman–Crippen LogP) is 4.76. The smallest absolute Gasteiger partial charge is 0.297 e. The van der Waals surface area contributed by atoms with Gasteiger partial charge < -0.3 is 19.8 Å². The Morgan fingerprint density at radius 2 is 1.86 bits per heavy atom. The zero-order chi connectivity index (χ0) is 20.7. The summed E-state index contributed by atoms with van der Waals surface area (Å²) < 4.78 is 13.2. The zero-order valence-corrected chi connectivity index (χ0v) is 17.2. The van der Waals surface area contributed by atoms with Crippen molar-refractivity contribution in [3.63, 3.8) is 0 Å². The molecule has 0 atom stereocenters. The lowest BCUT2D eigenvalue weighted by atomic mass is 10.1. The number of hydrogen-bond acceptors (Lipinski definition) is 4. The number of hydrogen-bond donors (Lipinski definition) is 1. The van der Waals surface area contributed by atoms with E-state index >= 15 is 0 Å². The Hall–Kier alpha value is -2.95. The highest BCUT2D eigenvalue weighted by atomic mass is 16.5. The summed E-state index contributed by atoms with van der Waals surface area (Å²) in [7, 11) is 1.70. The van der Waals surface area contributed by atoms with Crippen molar-refractivity contribution in [1.29, 1.82) is 0 Å². The molecule has 0 unspecified atom stereocenters. The van der Waals surface area contributed by atoms with Crippen LogP contribution in [0.3, 0.4) is 0 Å². The molecule has 0 aliphatic rings. The van der Waals surface area contributed by atoms with Crippen LogP contribution < -0.4 is 20.8 Å². The second-order valence-electron chi connectivity index (χ2n) is 7.08. The molecule has 0 bridgehead atoms. The normalized spacial score (nSPS) is 11.4. The van der Waals surface area contributed by atoms with Crippen molar-refractivity contribution in [1.82, 2.24) is 4.57 Å². The molecule has 1 aromatic carbocycles. The number of aryl methyl sites for hydroxylation is 1. The van der Waals surface area contributed by atoms with E-state index in [1.165, 1.54) is 15.7 Å². The van der Waals surface area contributed by atoms with Gasteiger partial charge in [0.05, 0.1) is 5.52 Å². The summed E-state index contributed by atoms with van der Waals surface area (Å²) in [6, 6.07) is 5.41. The van der Waals surface area contributed by atoms with E-state index in [1.54, 1.807) is 25.3 Å². The molecule has 0 saturated carbocycles. The average molecular weight is 383 g/mol. The van der Waals surface area contributed by atoms with Gasteiger partial charge in [-0.2, -0.15) is 0 Å². The molecule has 0 spiro atoms. The van der Waals surface area contributed by atoms with Crippen molar-refractivity contribution in [2.75, 3.05) is 18.9 Å². The van der Waals surface area contributed by atoms with Crippen LogP contribution in [0.2, 0.25) is 0 Å². The number of nitrogens with two attached hydrogens (primary N) is 1. The Kier molecular flexibility index (Phi) is 7.50. The maximum atomic E-state index is 12.8. The van der Waals surface area contributed by atoms with E-state index in [1.807, 2.05) is 12.1 Å². The van der Waals surface area contributed by atoms with Crippen LogP contribution in [0, 0.1) is 0 Å². The molecule has 5 heteroatoms. The molecule has 150 valence electrons. The number of ether oxygens (including phenoxy) is 2. The third kappa shape index (κ3) is 5.28. The molecule has 1 aromatic heterocycles. The standard InChI is InChI=1S/C23H30N2O3/c1-6-13-27-22-21(28-14-12-17(4)9-7-8-16(2)3)19-11-10-18(24)15-20(19)25(5)23(22)26/h6,8,10-12,15H,1,7,9,13-14,24H2,2-5H3. The molecule has 0 fully saturated rings. The van der Waals surface area contributed by atoms with Crippen molar-refractivity contribution in [3.05, 3.63) is 64.5 Å². The SMILES string of the molecule is C=CCOc1c(OCC=C(C)CCC=C(C)C)c2ccc(N)cc2n(C)c1=O. The van der Waals surface area contributed by atoms with Crippen LogP contribution in [-0.2, 0) is 7.05 Å². The van der Waals surface area contributed by atoms with Gasteiger partial charge in [-0.05, 0) is 57.9 Å². The first-order valence-corrected chi connectivity index (χ1v) is 9.42. The van der Waals surface area contributed by atoms with Gasteiger partial charge in [0.15, 0.2) is 5.75 Å². The molecule has 2 N–H and O–H groups in total. The molecule has 2 aromatic rings. The van der Waals surface area contributed by atoms with Gasteiger partial charge in [0, 0.05) is 18.1 Å². The largest absolute Gasteiger partial charge is 0.485 e. The highest BCUT2D eigenvalue weighted by Gasteiger charge is 2.18. The number of rotatable bonds is 9. The fourth-order valence-electron chi connectivity index (χ4n) is 2.87. The zero-order valence-electron chi connectivity index (χ0n) is 17.2. The fourth-order valence-corrected chi connectivity index (χ4v) is 2.87. The Bertz CT molecular complexity index is 964. The lowest BCUT2D eigenvalue weighted by Crippen LogP contribution is -2.21. The Balaban J connectivity index is 2.35. The summed E-state index contributed by atoms with van der Waals surface area (Å²) in [6.45, 7) is 10.5. The third-order valence-electron chi connectivity index (χ3n) is 4.43. The first-order chi connectivity index (χ1) is 13.3. The highest BCUT2D eigenvalue weighted by molar-refractivity contribution is 5.90. The average Bonchev–Trinajstić information content (AvgIpc) is 2.65. The predicted molar refractivity (Wildman–Crippen MR) is 117 cm³/mol. The van der Waals surface area contributed by atoms with E-state index in [0.29, 0.717) is 23.6 Å². The Labute approximate surface area is 166 Å². The van der Waals surface area contributed by atoms with Crippen LogP contribution in [0.5, 0.6) is 11.5 Å². The highest BCUT2D eigenvalue weighted by Crippen LogP contribution is 2.33. The maximum Gasteiger partial charge on any atom is 0.297 e. The molecule has 0 aliphatic carbocycles. The second kappa shape index (κ2) is 9.83. The summed E-state index contributed by atoms with van der Waals surface area (Å²) in [5, 5.41) is 0.783. The molecule has 0 aliphatic heterocycles. The van der Waals surface area contributed by atoms with E-state index in [9.17, 15) is 4.79 Å². The number of allylic oxidation sites excluding steroid dienone is 3. The fraction of sp³-hybridized carbons (Fsp3) is 0.348. The van der Waals surface area contributed by atoms with Crippen molar-refractivity contribution in [2.45, 2.75) is 33.6 Å². The lowest BCUT2D eigenvalue weighted by Gasteiger charge is -2.16. The Morgan fingerprint density at radius 1 is 1.14 bits per heavy atom. The number of aromatic nitrogens is 1. The van der Waals surface area contributed by atoms with Gasteiger partial charge in [0.25, 0.3) is 5.56 Å². The van der Waals surface area contributed by atoms with Gasteiger partial charge in [0.2, 0.25) is 5.75 Å². The van der Waals surface area contributed by atoms with Crippen LogP contribution >= 0.6 is 0 Å². The molecule has 0 amide bonds.